The molecule has 0 bridgehead atoms. The molecule has 0 spiro atoms. The second-order valence-electron chi connectivity index (χ2n) is 6.97. The number of carbonyl (C=O) groups is 1. The van der Waals surface area contributed by atoms with Gasteiger partial charge in [0.1, 0.15) is 13.2 Å². The van der Waals surface area contributed by atoms with E-state index in [1.165, 1.54) is 0 Å². The molecular weight excluding hydrogens is 320 g/mol. The van der Waals surface area contributed by atoms with E-state index in [4.69, 9.17) is 14.2 Å². The number of nitrogens with zero attached hydrogens (tertiary/aromatic N) is 2. The highest BCUT2D eigenvalue weighted by Gasteiger charge is 2.46. The highest BCUT2D eigenvalue weighted by Crippen LogP contribution is 2.37. The maximum absolute atomic E-state index is 13.3. The molecule has 1 aromatic rings. The average Bonchev–Trinajstić information content (AvgIpc) is 3.10. The fourth-order valence-corrected chi connectivity index (χ4v) is 4.44. The Bertz CT molecular complexity index is 650. The minimum atomic E-state index is 0.0462. The fourth-order valence-electron chi connectivity index (χ4n) is 4.44. The topological polar surface area (TPSA) is 51.2 Å². The molecule has 3 aliphatic heterocycles. The Kier molecular flexibility index (Phi) is 4.56. The first kappa shape index (κ1) is 16.7. The maximum atomic E-state index is 13.3. The zero-order chi connectivity index (χ0) is 17.4. The standard InChI is InChI=1S/C19H26N2O4/c1-3-20-11-14-15(12-20)21(8-7-16(14)23-2)19(22)13-5-4-6-17-18(13)25-10-9-24-17/h4-6,14-16H,3,7-12H2,1-2H3/t14-,15+,16-/m0/s1. The van der Waals surface area contributed by atoms with E-state index in [1.807, 2.05) is 23.1 Å². The predicted octanol–water partition coefficient (Wildman–Crippen LogP) is 1.64. The van der Waals surface area contributed by atoms with Gasteiger partial charge in [-0.05, 0) is 25.1 Å². The van der Waals surface area contributed by atoms with Gasteiger partial charge in [0.25, 0.3) is 5.91 Å². The molecule has 1 aromatic carbocycles. The van der Waals surface area contributed by atoms with Crippen molar-refractivity contribution in [3.63, 3.8) is 0 Å². The van der Waals surface area contributed by atoms with Gasteiger partial charge in [-0.3, -0.25) is 4.79 Å². The number of ether oxygens (including phenoxy) is 3. The van der Waals surface area contributed by atoms with Crippen LogP contribution in [0.4, 0.5) is 0 Å². The Morgan fingerprint density at radius 2 is 2.12 bits per heavy atom. The van der Waals surface area contributed by atoms with Crippen molar-refractivity contribution in [3.05, 3.63) is 23.8 Å². The molecule has 0 aromatic heterocycles. The molecule has 6 nitrogen and oxygen atoms in total. The molecular formula is C19H26N2O4. The first-order valence-electron chi connectivity index (χ1n) is 9.17. The quantitative estimate of drug-likeness (QED) is 0.833. The van der Waals surface area contributed by atoms with Crippen molar-refractivity contribution in [2.45, 2.75) is 25.5 Å². The summed E-state index contributed by atoms with van der Waals surface area (Å²) in [5.74, 6) is 1.68. The highest BCUT2D eigenvalue weighted by molar-refractivity contribution is 5.98. The monoisotopic (exact) mass is 346 g/mol. The molecule has 0 radical (unpaired) electrons. The van der Waals surface area contributed by atoms with Gasteiger partial charge in [0.15, 0.2) is 11.5 Å². The van der Waals surface area contributed by atoms with E-state index >= 15 is 0 Å². The van der Waals surface area contributed by atoms with Crippen LogP contribution in [-0.4, -0.2) is 74.4 Å². The van der Waals surface area contributed by atoms with Gasteiger partial charge < -0.3 is 24.0 Å². The Balaban J connectivity index is 1.62. The Morgan fingerprint density at radius 1 is 1.28 bits per heavy atom. The third-order valence-corrected chi connectivity index (χ3v) is 5.75. The van der Waals surface area contributed by atoms with E-state index in [-0.39, 0.29) is 18.1 Å². The molecule has 1 amide bonds. The van der Waals surface area contributed by atoms with Crippen LogP contribution < -0.4 is 9.47 Å². The summed E-state index contributed by atoms with van der Waals surface area (Å²) in [7, 11) is 1.78. The van der Waals surface area contributed by atoms with Crippen LogP contribution in [0, 0.1) is 5.92 Å². The average molecular weight is 346 g/mol. The third kappa shape index (κ3) is 2.87. The van der Waals surface area contributed by atoms with Crippen LogP contribution in [0.1, 0.15) is 23.7 Å². The molecule has 0 unspecified atom stereocenters. The number of piperidine rings is 1. The number of para-hydroxylation sites is 1. The first-order chi connectivity index (χ1) is 12.2. The number of benzene rings is 1. The van der Waals surface area contributed by atoms with Crippen LogP contribution >= 0.6 is 0 Å². The number of methoxy groups -OCH3 is 1. The van der Waals surface area contributed by atoms with Crippen molar-refractivity contribution in [2.24, 2.45) is 5.92 Å². The van der Waals surface area contributed by atoms with Crippen molar-refractivity contribution in [1.29, 1.82) is 0 Å². The molecule has 0 N–H and O–H groups in total. The van der Waals surface area contributed by atoms with E-state index in [0.717, 1.165) is 32.6 Å². The molecule has 3 heterocycles. The molecule has 136 valence electrons. The summed E-state index contributed by atoms with van der Waals surface area (Å²) in [6, 6.07) is 5.78. The number of likely N-dealkylation sites (N-methyl/N-ethyl adjacent to an activating group) is 1. The van der Waals surface area contributed by atoms with Gasteiger partial charge >= 0.3 is 0 Å². The minimum absolute atomic E-state index is 0.0462. The summed E-state index contributed by atoms with van der Waals surface area (Å²) < 4.78 is 17.1. The summed E-state index contributed by atoms with van der Waals surface area (Å²) in [5, 5.41) is 0. The molecule has 3 atom stereocenters. The number of carbonyl (C=O) groups excluding carboxylic acids is 1. The highest BCUT2D eigenvalue weighted by atomic mass is 16.6. The molecule has 4 rings (SSSR count). The summed E-state index contributed by atoms with van der Waals surface area (Å²) in [5.41, 5.74) is 0.613. The number of likely N-dealkylation sites (tertiary alicyclic amines) is 2. The lowest BCUT2D eigenvalue weighted by atomic mass is 9.88. The summed E-state index contributed by atoms with van der Waals surface area (Å²) >= 11 is 0. The van der Waals surface area contributed by atoms with Gasteiger partial charge in [0.05, 0.1) is 17.7 Å². The second kappa shape index (κ2) is 6.84. The third-order valence-electron chi connectivity index (χ3n) is 5.75. The zero-order valence-corrected chi connectivity index (χ0v) is 14.9. The van der Waals surface area contributed by atoms with Crippen molar-refractivity contribution in [1.82, 2.24) is 9.80 Å². The van der Waals surface area contributed by atoms with Crippen LogP contribution in [0.3, 0.4) is 0 Å². The normalized spacial score (nSPS) is 28.7. The summed E-state index contributed by atoms with van der Waals surface area (Å²) in [4.78, 5) is 17.8. The minimum Gasteiger partial charge on any atom is -0.486 e. The van der Waals surface area contributed by atoms with Gasteiger partial charge in [-0.25, -0.2) is 0 Å². The van der Waals surface area contributed by atoms with E-state index < -0.39 is 0 Å². The fraction of sp³-hybridized carbons (Fsp3) is 0.632. The molecule has 2 saturated heterocycles. The van der Waals surface area contributed by atoms with Crippen LogP contribution in [0.25, 0.3) is 0 Å². The number of hydrogen-bond acceptors (Lipinski definition) is 5. The lowest BCUT2D eigenvalue weighted by Gasteiger charge is -2.41. The summed E-state index contributed by atoms with van der Waals surface area (Å²) in [6.45, 7) is 6.82. The molecule has 25 heavy (non-hydrogen) atoms. The summed E-state index contributed by atoms with van der Waals surface area (Å²) in [6.07, 6.45) is 1.11. The Labute approximate surface area is 148 Å². The SMILES string of the molecule is CCN1C[C@@H]2[C@@H](OC)CCN(C(=O)c3cccc4c3OCCO4)[C@@H]2C1. The molecule has 0 saturated carbocycles. The smallest absolute Gasteiger partial charge is 0.258 e. The van der Waals surface area contributed by atoms with E-state index in [0.29, 0.717) is 36.2 Å². The van der Waals surface area contributed by atoms with Gasteiger partial charge in [0, 0.05) is 32.7 Å². The van der Waals surface area contributed by atoms with Crippen LogP contribution in [-0.2, 0) is 4.74 Å². The Hall–Kier alpha value is -1.79. The van der Waals surface area contributed by atoms with E-state index in [9.17, 15) is 4.79 Å². The molecule has 2 fully saturated rings. The largest absolute Gasteiger partial charge is 0.486 e. The van der Waals surface area contributed by atoms with E-state index in [2.05, 4.69) is 11.8 Å². The van der Waals surface area contributed by atoms with Gasteiger partial charge in [-0.15, -0.1) is 0 Å². The maximum Gasteiger partial charge on any atom is 0.258 e. The van der Waals surface area contributed by atoms with Gasteiger partial charge in [0.2, 0.25) is 0 Å². The molecule has 6 heteroatoms. The second-order valence-corrected chi connectivity index (χ2v) is 6.97. The Morgan fingerprint density at radius 3 is 2.92 bits per heavy atom. The molecule has 0 aliphatic carbocycles. The van der Waals surface area contributed by atoms with Crippen molar-refractivity contribution >= 4 is 5.91 Å². The lowest BCUT2D eigenvalue weighted by molar-refractivity contribution is -0.0158. The zero-order valence-electron chi connectivity index (χ0n) is 14.9. The van der Waals surface area contributed by atoms with Crippen LogP contribution in [0.5, 0.6) is 11.5 Å². The van der Waals surface area contributed by atoms with Crippen molar-refractivity contribution in [2.75, 3.05) is 46.5 Å². The molecule has 3 aliphatic rings. The van der Waals surface area contributed by atoms with Gasteiger partial charge in [-0.2, -0.15) is 0 Å². The first-order valence-corrected chi connectivity index (χ1v) is 9.17. The predicted molar refractivity (Wildman–Crippen MR) is 93.3 cm³/mol. The number of amides is 1. The number of rotatable bonds is 3. The lowest BCUT2D eigenvalue weighted by Crippen LogP contribution is -2.53. The van der Waals surface area contributed by atoms with Crippen LogP contribution in [0.2, 0.25) is 0 Å². The van der Waals surface area contributed by atoms with E-state index in [1.54, 1.807) is 7.11 Å². The number of hydrogen-bond donors (Lipinski definition) is 0. The van der Waals surface area contributed by atoms with Gasteiger partial charge in [-0.1, -0.05) is 13.0 Å². The number of fused-ring (bicyclic) bond motifs is 2. The van der Waals surface area contributed by atoms with Crippen molar-refractivity contribution in [3.8, 4) is 11.5 Å². The van der Waals surface area contributed by atoms with Crippen molar-refractivity contribution < 1.29 is 19.0 Å². The van der Waals surface area contributed by atoms with Crippen LogP contribution in [0.15, 0.2) is 18.2 Å².